The van der Waals surface area contributed by atoms with E-state index < -0.39 is 0 Å². The van der Waals surface area contributed by atoms with Crippen LogP contribution in [0.15, 0.2) is 48.5 Å². The molecule has 2 aromatic carbocycles. The Morgan fingerprint density at radius 3 is 2.19 bits per heavy atom. The highest BCUT2D eigenvalue weighted by Gasteiger charge is 2.13. The quantitative estimate of drug-likeness (QED) is 0.440. The van der Waals surface area contributed by atoms with Crippen molar-refractivity contribution in [3.63, 3.8) is 0 Å². The van der Waals surface area contributed by atoms with Crippen LogP contribution in [0.1, 0.15) is 66.9 Å². The number of hydrogen-bond acceptors (Lipinski definition) is 2. The van der Waals surface area contributed by atoms with Crippen LogP contribution in [0.2, 0.25) is 0 Å². The van der Waals surface area contributed by atoms with E-state index in [2.05, 4.69) is 25.5 Å². The average molecular weight is 349 g/mol. The van der Waals surface area contributed by atoms with Crippen LogP contribution in [0.4, 0.5) is 0 Å². The lowest BCUT2D eigenvalue weighted by atomic mass is 9.85. The second-order valence-corrected chi connectivity index (χ2v) is 7.33. The zero-order chi connectivity index (χ0) is 18.2. The molecule has 26 heavy (non-hydrogen) atoms. The van der Waals surface area contributed by atoms with E-state index in [0.717, 1.165) is 25.2 Å². The molecule has 0 heterocycles. The SMILES string of the molecule is CCCc1ccc(C(=O)Oc2ccc(CCC3CC[CH]CC3)cc2)cc1. The number of esters is 1. The molecule has 1 aliphatic carbocycles. The summed E-state index contributed by atoms with van der Waals surface area (Å²) in [6.45, 7) is 2.15. The molecular weight excluding hydrogens is 320 g/mol. The van der Waals surface area contributed by atoms with Gasteiger partial charge in [0.15, 0.2) is 0 Å². The maximum Gasteiger partial charge on any atom is 0.343 e. The van der Waals surface area contributed by atoms with Gasteiger partial charge < -0.3 is 4.74 Å². The Morgan fingerprint density at radius 1 is 0.923 bits per heavy atom. The molecule has 0 N–H and O–H groups in total. The van der Waals surface area contributed by atoms with Gasteiger partial charge in [-0.2, -0.15) is 0 Å². The van der Waals surface area contributed by atoms with Gasteiger partial charge in [0.1, 0.15) is 5.75 Å². The van der Waals surface area contributed by atoms with Crippen molar-refractivity contribution in [2.75, 3.05) is 0 Å². The summed E-state index contributed by atoms with van der Waals surface area (Å²) in [6, 6.07) is 15.7. The number of benzene rings is 2. The van der Waals surface area contributed by atoms with Crippen molar-refractivity contribution in [3.05, 3.63) is 71.6 Å². The van der Waals surface area contributed by atoms with E-state index in [0.29, 0.717) is 11.3 Å². The summed E-state index contributed by atoms with van der Waals surface area (Å²) in [5.74, 6) is 1.19. The first-order valence-corrected chi connectivity index (χ1v) is 9.96. The molecule has 0 aromatic heterocycles. The number of hydrogen-bond donors (Lipinski definition) is 0. The largest absolute Gasteiger partial charge is 0.423 e. The third-order valence-electron chi connectivity index (χ3n) is 5.26. The molecule has 0 unspecified atom stereocenters. The molecule has 0 spiro atoms. The van der Waals surface area contributed by atoms with E-state index in [4.69, 9.17) is 4.74 Å². The summed E-state index contributed by atoms with van der Waals surface area (Å²) in [7, 11) is 0. The van der Waals surface area contributed by atoms with Crippen molar-refractivity contribution in [2.45, 2.75) is 58.3 Å². The molecule has 3 rings (SSSR count). The molecule has 0 aliphatic heterocycles. The van der Waals surface area contributed by atoms with Crippen molar-refractivity contribution in [3.8, 4) is 5.75 Å². The molecule has 0 saturated heterocycles. The van der Waals surface area contributed by atoms with Crippen LogP contribution in [0.3, 0.4) is 0 Å². The predicted molar refractivity (Wildman–Crippen MR) is 106 cm³/mol. The normalized spacial score (nSPS) is 15.0. The van der Waals surface area contributed by atoms with Gasteiger partial charge in [-0.3, -0.25) is 0 Å². The van der Waals surface area contributed by atoms with Gasteiger partial charge >= 0.3 is 5.97 Å². The van der Waals surface area contributed by atoms with Crippen molar-refractivity contribution >= 4 is 5.97 Å². The Labute approximate surface area is 157 Å². The monoisotopic (exact) mass is 349 g/mol. The number of rotatable bonds is 7. The first kappa shape index (κ1) is 18.7. The van der Waals surface area contributed by atoms with Gasteiger partial charge in [-0.1, -0.05) is 50.5 Å². The summed E-state index contributed by atoms with van der Waals surface area (Å²) >= 11 is 0. The average Bonchev–Trinajstić information content (AvgIpc) is 2.69. The number of aryl methyl sites for hydroxylation is 2. The number of ether oxygens (including phenoxy) is 1. The minimum atomic E-state index is -0.292. The van der Waals surface area contributed by atoms with Crippen molar-refractivity contribution in [1.82, 2.24) is 0 Å². The first-order valence-electron chi connectivity index (χ1n) is 9.96. The Kier molecular flexibility index (Phi) is 6.88. The summed E-state index contributed by atoms with van der Waals surface area (Å²) in [4.78, 5) is 12.3. The van der Waals surface area contributed by atoms with Crippen molar-refractivity contribution in [1.29, 1.82) is 0 Å². The lowest BCUT2D eigenvalue weighted by Crippen LogP contribution is -2.09. The zero-order valence-corrected chi connectivity index (χ0v) is 15.7. The Balaban J connectivity index is 1.50. The minimum Gasteiger partial charge on any atom is -0.423 e. The molecule has 0 atom stereocenters. The highest BCUT2D eigenvalue weighted by molar-refractivity contribution is 5.91. The molecule has 2 heteroatoms. The van der Waals surface area contributed by atoms with E-state index >= 15 is 0 Å². The van der Waals surface area contributed by atoms with Crippen LogP contribution in [0.25, 0.3) is 0 Å². The highest BCUT2D eigenvalue weighted by Crippen LogP contribution is 2.27. The molecule has 1 aliphatic rings. The van der Waals surface area contributed by atoms with Gasteiger partial charge in [-0.15, -0.1) is 0 Å². The van der Waals surface area contributed by atoms with E-state index in [1.807, 2.05) is 36.4 Å². The first-order chi connectivity index (χ1) is 12.7. The Hall–Kier alpha value is -2.09. The number of carbonyl (C=O) groups excluding carboxylic acids is 1. The van der Waals surface area contributed by atoms with Crippen molar-refractivity contribution < 1.29 is 9.53 Å². The van der Waals surface area contributed by atoms with Crippen LogP contribution < -0.4 is 4.74 Å². The molecule has 137 valence electrons. The van der Waals surface area contributed by atoms with Crippen LogP contribution in [0.5, 0.6) is 5.75 Å². The smallest absolute Gasteiger partial charge is 0.343 e. The maximum absolute atomic E-state index is 12.3. The van der Waals surface area contributed by atoms with Crippen LogP contribution in [-0.4, -0.2) is 5.97 Å². The molecule has 2 aromatic rings. The van der Waals surface area contributed by atoms with E-state index in [9.17, 15) is 4.79 Å². The fourth-order valence-corrected chi connectivity index (χ4v) is 3.64. The Morgan fingerprint density at radius 2 is 1.54 bits per heavy atom. The molecule has 1 saturated carbocycles. The molecule has 0 bridgehead atoms. The number of carbonyl (C=O) groups is 1. The topological polar surface area (TPSA) is 26.3 Å². The third kappa shape index (κ3) is 5.45. The molecule has 1 fully saturated rings. The zero-order valence-electron chi connectivity index (χ0n) is 15.7. The summed E-state index contributed by atoms with van der Waals surface area (Å²) in [5.41, 5.74) is 3.18. The molecule has 1 radical (unpaired) electrons. The van der Waals surface area contributed by atoms with Gasteiger partial charge in [0.25, 0.3) is 0 Å². The standard InChI is InChI=1S/C24H29O2/c1-2-6-19-11-15-22(16-12-19)24(25)26-23-17-13-21(14-18-23)10-9-20-7-4-3-5-8-20/h3,11-18,20H,2,4-10H2,1H3. The molecule has 0 amide bonds. The van der Waals surface area contributed by atoms with Gasteiger partial charge in [0, 0.05) is 0 Å². The summed E-state index contributed by atoms with van der Waals surface area (Å²) in [6.07, 6.45) is 12.2. The van der Waals surface area contributed by atoms with E-state index in [1.165, 1.54) is 43.2 Å². The van der Waals surface area contributed by atoms with Crippen molar-refractivity contribution in [2.24, 2.45) is 5.92 Å². The fourth-order valence-electron chi connectivity index (χ4n) is 3.64. The van der Waals surface area contributed by atoms with Gasteiger partial charge in [0.2, 0.25) is 0 Å². The van der Waals surface area contributed by atoms with Crippen LogP contribution in [0, 0.1) is 12.3 Å². The molecular formula is C24H29O2. The minimum absolute atomic E-state index is 0.292. The highest BCUT2D eigenvalue weighted by atomic mass is 16.5. The van der Waals surface area contributed by atoms with Gasteiger partial charge in [-0.25, -0.2) is 4.79 Å². The predicted octanol–water partition coefficient (Wildman–Crippen LogP) is 6.19. The van der Waals surface area contributed by atoms with E-state index in [1.54, 1.807) is 0 Å². The second-order valence-electron chi connectivity index (χ2n) is 7.33. The van der Waals surface area contributed by atoms with Crippen LogP contribution >= 0.6 is 0 Å². The van der Waals surface area contributed by atoms with E-state index in [-0.39, 0.29) is 5.97 Å². The fraction of sp³-hybridized carbons (Fsp3) is 0.417. The van der Waals surface area contributed by atoms with Crippen LogP contribution in [-0.2, 0) is 12.8 Å². The lowest BCUT2D eigenvalue weighted by Gasteiger charge is -2.21. The lowest BCUT2D eigenvalue weighted by molar-refractivity contribution is 0.0734. The summed E-state index contributed by atoms with van der Waals surface area (Å²) in [5, 5.41) is 0. The summed E-state index contributed by atoms with van der Waals surface area (Å²) < 4.78 is 5.51. The Bertz CT molecular complexity index is 679. The second kappa shape index (κ2) is 9.56. The van der Waals surface area contributed by atoms with Gasteiger partial charge in [0.05, 0.1) is 5.56 Å². The maximum atomic E-state index is 12.3. The van der Waals surface area contributed by atoms with Gasteiger partial charge in [-0.05, 0) is 79.8 Å². The molecule has 2 nitrogen and oxygen atoms in total. The third-order valence-corrected chi connectivity index (χ3v) is 5.26.